The zero-order valence-corrected chi connectivity index (χ0v) is 10.9. The van der Waals surface area contributed by atoms with Crippen LogP contribution in [0.25, 0.3) is 0 Å². The Balaban J connectivity index is 2.29. The predicted molar refractivity (Wildman–Crippen MR) is 74.2 cm³/mol. The Morgan fingerprint density at radius 3 is 1.42 bits per heavy atom. The molecule has 0 aliphatic rings. The summed E-state index contributed by atoms with van der Waals surface area (Å²) in [5.41, 5.74) is 1.56. The van der Waals surface area contributed by atoms with E-state index in [2.05, 4.69) is 0 Å². The lowest BCUT2D eigenvalue weighted by molar-refractivity contribution is -0.106. The van der Waals surface area contributed by atoms with Gasteiger partial charge >= 0.3 is 0 Å². The van der Waals surface area contributed by atoms with Crippen molar-refractivity contribution in [3.8, 4) is 11.5 Å². The van der Waals surface area contributed by atoms with E-state index in [0.29, 0.717) is 0 Å². The molecule has 4 nitrogen and oxygen atoms in total. The lowest BCUT2D eigenvalue weighted by Gasteiger charge is -2.18. The third-order valence-corrected chi connectivity index (χ3v) is 2.81. The average Bonchev–Trinajstić information content (AvgIpc) is 2.49. The van der Waals surface area contributed by atoms with E-state index in [-0.39, 0.29) is 0 Å². The summed E-state index contributed by atoms with van der Waals surface area (Å²) in [6.45, 7) is 0. The normalized spacial score (nSPS) is 9.79. The Morgan fingerprint density at radius 2 is 1.16 bits per heavy atom. The van der Waals surface area contributed by atoms with Crippen LogP contribution in [0.2, 0.25) is 0 Å². The van der Waals surface area contributed by atoms with Crippen LogP contribution in [0.4, 0.5) is 11.4 Å². The van der Waals surface area contributed by atoms with Crippen molar-refractivity contribution in [3.05, 3.63) is 48.5 Å². The first kappa shape index (κ1) is 13.0. The summed E-state index contributed by atoms with van der Waals surface area (Å²) in [7, 11) is 3.21. The van der Waals surface area contributed by atoms with E-state index in [1.165, 1.54) is 0 Å². The molecular weight excluding hydrogens is 242 g/mol. The Hall–Kier alpha value is -2.49. The van der Waals surface area contributed by atoms with Crippen LogP contribution in [-0.4, -0.2) is 20.6 Å². The molecular formula is C15H15NO3. The number of ether oxygens (including phenoxy) is 2. The number of benzene rings is 2. The van der Waals surface area contributed by atoms with Crippen LogP contribution in [0.15, 0.2) is 48.5 Å². The van der Waals surface area contributed by atoms with E-state index in [9.17, 15) is 4.79 Å². The van der Waals surface area contributed by atoms with Gasteiger partial charge in [-0.25, -0.2) is 0 Å². The van der Waals surface area contributed by atoms with Gasteiger partial charge in [0.1, 0.15) is 11.5 Å². The average molecular weight is 257 g/mol. The van der Waals surface area contributed by atoms with E-state index in [0.717, 1.165) is 29.3 Å². The van der Waals surface area contributed by atoms with Crippen molar-refractivity contribution in [1.29, 1.82) is 0 Å². The SMILES string of the molecule is COc1ccc(N(C=O)c2ccc(OC)cc2)cc1. The fourth-order valence-electron chi connectivity index (χ4n) is 1.76. The molecule has 1 amide bonds. The minimum absolute atomic E-state index is 0.754. The number of carbonyl (C=O) groups is 1. The quantitative estimate of drug-likeness (QED) is 0.773. The van der Waals surface area contributed by atoms with Gasteiger partial charge < -0.3 is 9.47 Å². The minimum atomic E-state index is 0.754. The fraction of sp³-hybridized carbons (Fsp3) is 0.133. The van der Waals surface area contributed by atoms with Crippen LogP contribution in [0.3, 0.4) is 0 Å². The molecule has 0 aliphatic heterocycles. The molecule has 0 fully saturated rings. The van der Waals surface area contributed by atoms with Crippen LogP contribution < -0.4 is 14.4 Å². The predicted octanol–water partition coefficient (Wildman–Crippen LogP) is 3.00. The zero-order chi connectivity index (χ0) is 13.7. The van der Waals surface area contributed by atoms with Crippen molar-refractivity contribution in [2.45, 2.75) is 0 Å². The monoisotopic (exact) mass is 257 g/mol. The molecule has 4 heteroatoms. The van der Waals surface area contributed by atoms with Crippen LogP contribution in [0.1, 0.15) is 0 Å². The first-order chi connectivity index (χ1) is 9.28. The highest BCUT2D eigenvalue weighted by Crippen LogP contribution is 2.27. The smallest absolute Gasteiger partial charge is 0.218 e. The Morgan fingerprint density at radius 1 is 0.789 bits per heavy atom. The number of carbonyl (C=O) groups excluding carboxylic acids is 1. The summed E-state index contributed by atoms with van der Waals surface area (Å²) in [4.78, 5) is 12.8. The number of anilines is 2. The van der Waals surface area contributed by atoms with Gasteiger partial charge in [-0.15, -0.1) is 0 Å². The van der Waals surface area contributed by atoms with Crippen LogP contribution >= 0.6 is 0 Å². The Labute approximate surface area is 112 Å². The third kappa shape index (κ3) is 2.85. The molecule has 2 aromatic rings. The molecule has 0 N–H and O–H groups in total. The third-order valence-electron chi connectivity index (χ3n) is 2.81. The van der Waals surface area contributed by atoms with Crippen LogP contribution in [0, 0.1) is 0 Å². The topological polar surface area (TPSA) is 38.8 Å². The molecule has 2 rings (SSSR count). The number of hydrogen-bond donors (Lipinski definition) is 0. The van der Waals surface area contributed by atoms with Crippen LogP contribution in [-0.2, 0) is 4.79 Å². The van der Waals surface area contributed by atoms with Crippen LogP contribution in [0.5, 0.6) is 11.5 Å². The molecule has 0 saturated carbocycles. The second-order valence-corrected chi connectivity index (χ2v) is 3.87. The van der Waals surface area contributed by atoms with Crippen molar-refractivity contribution in [2.75, 3.05) is 19.1 Å². The molecule has 98 valence electrons. The number of rotatable bonds is 5. The highest BCUT2D eigenvalue weighted by Gasteiger charge is 2.08. The number of hydrogen-bond acceptors (Lipinski definition) is 3. The molecule has 0 unspecified atom stereocenters. The molecule has 0 atom stereocenters. The molecule has 2 aromatic carbocycles. The van der Waals surface area contributed by atoms with Crippen molar-refractivity contribution < 1.29 is 14.3 Å². The van der Waals surface area contributed by atoms with Gasteiger partial charge in [-0.05, 0) is 48.5 Å². The van der Waals surface area contributed by atoms with E-state index in [1.54, 1.807) is 19.1 Å². The summed E-state index contributed by atoms with van der Waals surface area (Å²) < 4.78 is 10.2. The van der Waals surface area contributed by atoms with Gasteiger partial charge in [-0.2, -0.15) is 0 Å². The van der Waals surface area contributed by atoms with Crippen molar-refractivity contribution in [1.82, 2.24) is 0 Å². The molecule has 0 saturated heterocycles. The summed E-state index contributed by atoms with van der Waals surface area (Å²) >= 11 is 0. The largest absolute Gasteiger partial charge is 0.497 e. The highest BCUT2D eigenvalue weighted by molar-refractivity contribution is 5.86. The number of nitrogens with zero attached hydrogens (tertiary/aromatic N) is 1. The first-order valence-corrected chi connectivity index (χ1v) is 5.81. The van der Waals surface area contributed by atoms with Crippen molar-refractivity contribution >= 4 is 17.8 Å². The summed E-state index contributed by atoms with van der Waals surface area (Å²) in [6, 6.07) is 14.6. The molecule has 19 heavy (non-hydrogen) atoms. The van der Waals surface area contributed by atoms with Gasteiger partial charge in [0.15, 0.2) is 0 Å². The summed E-state index contributed by atoms with van der Waals surface area (Å²) in [5.74, 6) is 1.51. The van der Waals surface area contributed by atoms with E-state index in [4.69, 9.17) is 9.47 Å². The summed E-state index contributed by atoms with van der Waals surface area (Å²) in [5, 5.41) is 0. The number of amides is 1. The Kier molecular flexibility index (Phi) is 4.03. The molecule has 0 spiro atoms. The van der Waals surface area contributed by atoms with E-state index >= 15 is 0 Å². The minimum Gasteiger partial charge on any atom is -0.497 e. The van der Waals surface area contributed by atoms with E-state index < -0.39 is 0 Å². The zero-order valence-electron chi connectivity index (χ0n) is 10.9. The molecule has 0 aliphatic carbocycles. The standard InChI is InChI=1S/C15H15NO3/c1-18-14-7-3-12(4-8-14)16(11-17)13-5-9-15(19-2)10-6-13/h3-11H,1-2H3. The van der Waals surface area contributed by atoms with Gasteiger partial charge in [-0.1, -0.05) is 0 Å². The maximum Gasteiger partial charge on any atom is 0.218 e. The van der Waals surface area contributed by atoms with E-state index in [1.807, 2.05) is 48.5 Å². The maximum absolute atomic E-state index is 11.3. The molecule has 0 aromatic heterocycles. The molecule has 0 heterocycles. The second-order valence-electron chi connectivity index (χ2n) is 3.87. The highest BCUT2D eigenvalue weighted by atomic mass is 16.5. The maximum atomic E-state index is 11.3. The molecule has 0 radical (unpaired) electrons. The lowest BCUT2D eigenvalue weighted by Crippen LogP contribution is -2.13. The van der Waals surface area contributed by atoms with Gasteiger partial charge in [0, 0.05) is 11.4 Å². The number of methoxy groups -OCH3 is 2. The van der Waals surface area contributed by atoms with Gasteiger partial charge in [0.05, 0.1) is 14.2 Å². The second kappa shape index (κ2) is 5.91. The van der Waals surface area contributed by atoms with Gasteiger partial charge in [0.2, 0.25) is 6.41 Å². The van der Waals surface area contributed by atoms with Gasteiger partial charge in [-0.3, -0.25) is 9.69 Å². The Bertz CT molecular complexity index is 487. The fourth-order valence-corrected chi connectivity index (χ4v) is 1.76. The first-order valence-electron chi connectivity index (χ1n) is 5.81. The van der Waals surface area contributed by atoms with Crippen molar-refractivity contribution in [2.24, 2.45) is 0 Å². The van der Waals surface area contributed by atoms with Crippen molar-refractivity contribution in [3.63, 3.8) is 0 Å². The van der Waals surface area contributed by atoms with Gasteiger partial charge in [0.25, 0.3) is 0 Å². The summed E-state index contributed by atoms with van der Waals surface area (Å²) in [6.07, 6.45) is 0.781. The lowest BCUT2D eigenvalue weighted by atomic mass is 10.2. The molecule has 0 bridgehead atoms.